The lowest BCUT2D eigenvalue weighted by atomic mass is 10.1. The van der Waals surface area contributed by atoms with Crippen molar-refractivity contribution in [1.29, 1.82) is 0 Å². The SMILES string of the molecule is COc1c(N2CC3NC3C2)c(F)cc2c(=O)c(C(=O)O)cn([C@@H]3C[C@@H]3F)c12. The number of aromatic carboxylic acids is 1. The molecule has 0 spiro atoms. The van der Waals surface area contributed by atoms with Crippen LogP contribution in [0, 0.1) is 5.82 Å². The van der Waals surface area contributed by atoms with Crippen molar-refractivity contribution in [2.75, 3.05) is 25.1 Å². The monoisotopic (exact) mass is 377 g/mol. The molecule has 4 atom stereocenters. The number of alkyl halides is 1. The van der Waals surface area contributed by atoms with Crippen LogP contribution in [0.25, 0.3) is 10.9 Å². The van der Waals surface area contributed by atoms with Crippen LogP contribution in [-0.4, -0.2) is 54.1 Å². The van der Waals surface area contributed by atoms with Crippen LogP contribution in [0.2, 0.25) is 0 Å². The second kappa shape index (κ2) is 5.41. The number of pyridine rings is 1. The van der Waals surface area contributed by atoms with E-state index in [4.69, 9.17) is 4.74 Å². The van der Waals surface area contributed by atoms with E-state index in [0.29, 0.717) is 25.2 Å². The molecule has 142 valence electrons. The molecule has 2 N–H and O–H groups in total. The van der Waals surface area contributed by atoms with Crippen LogP contribution in [0.4, 0.5) is 14.5 Å². The van der Waals surface area contributed by atoms with Crippen LogP contribution in [0.1, 0.15) is 22.8 Å². The maximum Gasteiger partial charge on any atom is 0.341 e. The molecule has 0 amide bonds. The summed E-state index contributed by atoms with van der Waals surface area (Å²) in [5, 5.41) is 12.5. The molecule has 2 aliphatic heterocycles. The topological polar surface area (TPSA) is 93.7 Å². The fourth-order valence-electron chi connectivity index (χ4n) is 4.10. The number of ether oxygens (including phenoxy) is 1. The van der Waals surface area contributed by atoms with Crippen LogP contribution in [-0.2, 0) is 0 Å². The molecule has 3 fully saturated rings. The van der Waals surface area contributed by atoms with Gasteiger partial charge in [-0.3, -0.25) is 4.79 Å². The molecule has 9 heteroatoms. The van der Waals surface area contributed by atoms with Gasteiger partial charge >= 0.3 is 5.97 Å². The van der Waals surface area contributed by atoms with Crippen molar-refractivity contribution in [3.63, 3.8) is 0 Å². The van der Waals surface area contributed by atoms with Crippen LogP contribution < -0.4 is 20.4 Å². The van der Waals surface area contributed by atoms with E-state index in [9.17, 15) is 23.5 Å². The predicted octanol–water partition coefficient (Wildman–Crippen LogP) is 1.29. The average Bonchev–Trinajstić information content (AvgIpc) is 3.51. The van der Waals surface area contributed by atoms with Gasteiger partial charge in [0.1, 0.15) is 17.4 Å². The third-order valence-electron chi connectivity index (χ3n) is 5.63. The Morgan fingerprint density at radius 3 is 2.59 bits per heavy atom. The Bertz CT molecular complexity index is 1040. The smallest absolute Gasteiger partial charge is 0.341 e. The highest BCUT2D eigenvalue weighted by molar-refractivity contribution is 5.97. The molecule has 2 saturated heterocycles. The van der Waals surface area contributed by atoms with Crippen LogP contribution in [0.3, 0.4) is 0 Å². The largest absolute Gasteiger partial charge is 0.492 e. The van der Waals surface area contributed by atoms with E-state index < -0.39 is 35.0 Å². The van der Waals surface area contributed by atoms with Gasteiger partial charge in [-0.15, -0.1) is 0 Å². The number of carboxylic acids is 1. The van der Waals surface area contributed by atoms with Crippen molar-refractivity contribution < 1.29 is 23.4 Å². The van der Waals surface area contributed by atoms with E-state index in [1.165, 1.54) is 11.7 Å². The van der Waals surface area contributed by atoms with E-state index in [-0.39, 0.29) is 28.8 Å². The molecule has 7 nitrogen and oxygen atoms in total. The van der Waals surface area contributed by atoms with Gasteiger partial charge in [0.15, 0.2) is 11.6 Å². The third kappa shape index (κ3) is 2.34. The summed E-state index contributed by atoms with van der Waals surface area (Å²) in [5.41, 5.74) is -0.851. The lowest BCUT2D eigenvalue weighted by Gasteiger charge is -2.25. The highest BCUT2D eigenvalue weighted by Gasteiger charge is 2.46. The maximum atomic E-state index is 15.0. The number of aromatic nitrogens is 1. The molecule has 2 aromatic rings. The van der Waals surface area contributed by atoms with Gasteiger partial charge in [0.05, 0.1) is 24.1 Å². The van der Waals surface area contributed by atoms with Crippen molar-refractivity contribution >= 4 is 22.6 Å². The summed E-state index contributed by atoms with van der Waals surface area (Å²) in [5.74, 6) is -1.94. The van der Waals surface area contributed by atoms with Gasteiger partial charge in [0.25, 0.3) is 0 Å². The number of hydrogen-bond donors (Lipinski definition) is 2. The lowest BCUT2D eigenvalue weighted by molar-refractivity contribution is 0.0694. The molecule has 1 aliphatic carbocycles. The van der Waals surface area contributed by atoms with E-state index in [0.717, 1.165) is 12.3 Å². The number of anilines is 1. The normalized spacial score (nSPS) is 28.3. The Hall–Kier alpha value is -2.68. The number of benzene rings is 1. The summed E-state index contributed by atoms with van der Waals surface area (Å²) in [7, 11) is 1.37. The Balaban J connectivity index is 1.81. The first-order valence-electron chi connectivity index (χ1n) is 8.74. The standard InChI is InChI=1S/C18H17F2N3O4/c1-27-17-14-7(2-10(20)15(17)22-5-11-12(6-22)21-11)16(24)8(18(25)26)4-23(14)13-3-9(13)19/h2,4,9,11-13,21H,3,5-6H2,1H3,(H,25,26)/t9-,11?,12?,13+/m0/s1. The summed E-state index contributed by atoms with van der Waals surface area (Å²) < 4.78 is 35.7. The maximum absolute atomic E-state index is 15.0. The number of hydrogen-bond acceptors (Lipinski definition) is 5. The van der Waals surface area contributed by atoms with Crippen LogP contribution in [0.15, 0.2) is 17.1 Å². The molecule has 1 aromatic carbocycles. The highest BCUT2D eigenvalue weighted by Crippen LogP contribution is 2.46. The van der Waals surface area contributed by atoms with E-state index in [1.807, 2.05) is 4.90 Å². The van der Waals surface area contributed by atoms with Gasteiger partial charge in [-0.25, -0.2) is 13.6 Å². The second-order valence-electron chi connectivity index (χ2n) is 7.32. The molecule has 27 heavy (non-hydrogen) atoms. The number of rotatable bonds is 4. The Morgan fingerprint density at radius 2 is 2.04 bits per heavy atom. The van der Waals surface area contributed by atoms with E-state index >= 15 is 0 Å². The molecule has 0 radical (unpaired) electrons. The minimum atomic E-state index is -1.43. The Kier molecular flexibility index (Phi) is 3.31. The lowest BCUT2D eigenvalue weighted by Crippen LogP contribution is -2.29. The zero-order valence-electron chi connectivity index (χ0n) is 14.4. The van der Waals surface area contributed by atoms with Crippen LogP contribution in [0.5, 0.6) is 5.75 Å². The van der Waals surface area contributed by atoms with Gasteiger partial charge in [0, 0.05) is 37.8 Å². The average molecular weight is 377 g/mol. The van der Waals surface area contributed by atoms with E-state index in [2.05, 4.69) is 5.32 Å². The number of halogens is 2. The minimum absolute atomic E-state index is 0.116. The van der Waals surface area contributed by atoms with E-state index in [1.54, 1.807) is 0 Å². The quantitative estimate of drug-likeness (QED) is 0.780. The molecule has 0 bridgehead atoms. The van der Waals surface area contributed by atoms with Gasteiger partial charge in [-0.2, -0.15) is 0 Å². The Labute approximate surface area is 152 Å². The van der Waals surface area contributed by atoms with Crippen molar-refractivity contribution in [3.8, 4) is 5.75 Å². The molecular weight excluding hydrogens is 360 g/mol. The summed E-state index contributed by atoms with van der Waals surface area (Å²) >= 11 is 0. The number of carboxylic acid groups (broad SMARTS) is 1. The number of nitrogens with one attached hydrogen (secondary N) is 1. The summed E-state index contributed by atoms with van der Waals surface area (Å²) in [6.45, 7) is 1.21. The molecule has 5 rings (SSSR count). The number of piperazine rings is 1. The van der Waals surface area contributed by atoms with Crippen molar-refractivity contribution in [2.45, 2.75) is 30.7 Å². The van der Waals surface area contributed by atoms with Gasteiger partial charge in [0.2, 0.25) is 5.43 Å². The van der Waals surface area contributed by atoms with Crippen molar-refractivity contribution in [2.24, 2.45) is 0 Å². The summed E-state index contributed by atoms with van der Waals surface area (Å²) in [6.07, 6.45) is 0.217. The fourth-order valence-corrected chi connectivity index (χ4v) is 4.10. The predicted molar refractivity (Wildman–Crippen MR) is 93.2 cm³/mol. The highest BCUT2D eigenvalue weighted by atomic mass is 19.1. The van der Waals surface area contributed by atoms with Crippen molar-refractivity contribution in [1.82, 2.24) is 9.88 Å². The molecule has 2 unspecified atom stereocenters. The van der Waals surface area contributed by atoms with Gasteiger partial charge in [-0.05, 0) is 6.07 Å². The number of methoxy groups -OCH3 is 1. The first-order valence-corrected chi connectivity index (χ1v) is 8.74. The zero-order valence-corrected chi connectivity index (χ0v) is 14.4. The minimum Gasteiger partial charge on any atom is -0.492 e. The summed E-state index contributed by atoms with van der Waals surface area (Å²) in [4.78, 5) is 25.9. The second-order valence-corrected chi connectivity index (χ2v) is 7.32. The fraction of sp³-hybridized carbons (Fsp3) is 0.444. The van der Waals surface area contributed by atoms with Crippen LogP contribution >= 0.6 is 0 Å². The zero-order chi connectivity index (χ0) is 19.0. The van der Waals surface area contributed by atoms with Crippen molar-refractivity contribution in [3.05, 3.63) is 33.9 Å². The van der Waals surface area contributed by atoms with Gasteiger partial charge in [-0.1, -0.05) is 0 Å². The molecule has 1 saturated carbocycles. The number of fused-ring (bicyclic) bond motifs is 2. The molecular formula is C18H17F2N3O4. The number of nitrogens with zero attached hydrogens (tertiary/aromatic N) is 2. The molecule has 3 aliphatic rings. The number of carbonyl (C=O) groups is 1. The van der Waals surface area contributed by atoms with Gasteiger partial charge < -0.3 is 24.6 Å². The third-order valence-corrected chi connectivity index (χ3v) is 5.63. The molecule has 3 heterocycles. The summed E-state index contributed by atoms with van der Waals surface area (Å²) in [6, 6.07) is 1.07. The Morgan fingerprint density at radius 1 is 1.37 bits per heavy atom. The molecule has 1 aromatic heterocycles. The first-order chi connectivity index (χ1) is 12.9. The first kappa shape index (κ1) is 16.5.